The average molecular weight is 258 g/mol. The molecule has 94 valence electrons. The second-order valence-electron chi connectivity index (χ2n) is 3.70. The summed E-state index contributed by atoms with van der Waals surface area (Å²) in [5.74, 6) is -2.31. The van der Waals surface area contributed by atoms with Crippen LogP contribution in [0.4, 0.5) is 0 Å². The summed E-state index contributed by atoms with van der Waals surface area (Å²) >= 11 is 0. The average Bonchev–Trinajstić information content (AvgIpc) is 3.03. The van der Waals surface area contributed by atoms with Crippen LogP contribution in [0.2, 0.25) is 0 Å². The summed E-state index contributed by atoms with van der Waals surface area (Å²) in [6.45, 7) is 0. The number of hydroxylamine groups is 2. The minimum Gasteiger partial charge on any atom is -0.451 e. The number of aromatic nitrogens is 1. The summed E-state index contributed by atoms with van der Waals surface area (Å²) < 4.78 is 4.62. The molecule has 19 heavy (non-hydrogen) atoms. The summed E-state index contributed by atoms with van der Waals surface area (Å²) in [5.41, 5.74) is 0.262. The van der Waals surface area contributed by atoms with E-state index in [0.717, 1.165) is 12.7 Å². The van der Waals surface area contributed by atoms with E-state index in [1.165, 1.54) is 12.1 Å². The topological polar surface area (TPSA) is 89.7 Å². The van der Waals surface area contributed by atoms with Crippen molar-refractivity contribution < 1.29 is 23.6 Å². The third kappa shape index (κ3) is 1.68. The number of carbonyl (C=O) groups is 3. The van der Waals surface area contributed by atoms with Crippen LogP contribution in [0.3, 0.4) is 0 Å². The van der Waals surface area contributed by atoms with E-state index < -0.39 is 17.8 Å². The van der Waals surface area contributed by atoms with Crippen LogP contribution in [0, 0.1) is 0 Å². The Balaban J connectivity index is 1.87. The fourth-order valence-electron chi connectivity index (χ4n) is 1.69. The first kappa shape index (κ1) is 11.1. The number of hydrogen-bond acceptors (Lipinski definition) is 6. The number of benzene rings is 1. The molecule has 0 saturated carbocycles. The lowest BCUT2D eigenvalue weighted by atomic mass is 10.1. The fraction of sp³-hybridized carbons (Fsp3) is 0. The molecule has 1 aromatic heterocycles. The Morgan fingerprint density at radius 1 is 1.16 bits per heavy atom. The lowest BCUT2D eigenvalue weighted by molar-refractivity contribution is -0.0588. The Labute approximate surface area is 106 Å². The largest absolute Gasteiger partial charge is 0.451 e. The normalized spacial score (nSPS) is 13.6. The maximum atomic E-state index is 11.9. The predicted molar refractivity (Wildman–Crippen MR) is 58.9 cm³/mol. The molecule has 0 spiro atoms. The van der Waals surface area contributed by atoms with E-state index >= 15 is 0 Å². The maximum absolute atomic E-state index is 11.9. The van der Waals surface area contributed by atoms with Crippen LogP contribution in [0.15, 0.2) is 41.3 Å². The molecule has 2 heterocycles. The summed E-state index contributed by atoms with van der Waals surface area (Å²) in [6.07, 6.45) is 2.10. The van der Waals surface area contributed by atoms with Crippen molar-refractivity contribution >= 4 is 17.8 Å². The molecule has 1 aliphatic rings. The number of rotatable bonds is 2. The molecule has 0 atom stereocenters. The van der Waals surface area contributed by atoms with Crippen molar-refractivity contribution in [2.24, 2.45) is 0 Å². The number of fused-ring (bicyclic) bond motifs is 1. The van der Waals surface area contributed by atoms with Crippen molar-refractivity contribution in [1.82, 2.24) is 10.0 Å². The second kappa shape index (κ2) is 4.05. The van der Waals surface area contributed by atoms with Crippen molar-refractivity contribution in [2.75, 3.05) is 0 Å². The van der Waals surface area contributed by atoms with E-state index in [1.54, 1.807) is 12.1 Å². The Kier molecular flexibility index (Phi) is 2.38. The van der Waals surface area contributed by atoms with Gasteiger partial charge in [-0.05, 0) is 12.1 Å². The van der Waals surface area contributed by atoms with Crippen LogP contribution in [-0.2, 0) is 4.84 Å². The van der Waals surface area contributed by atoms with Crippen molar-refractivity contribution in [1.29, 1.82) is 0 Å². The predicted octanol–water partition coefficient (Wildman–Crippen LogP) is 1.04. The van der Waals surface area contributed by atoms with Crippen molar-refractivity contribution in [3.63, 3.8) is 0 Å². The Hall–Kier alpha value is -2.96. The van der Waals surface area contributed by atoms with E-state index in [1.807, 2.05) is 0 Å². The van der Waals surface area contributed by atoms with E-state index in [2.05, 4.69) is 9.40 Å². The molecule has 1 aliphatic heterocycles. The molecule has 1 aromatic carbocycles. The molecule has 3 rings (SSSR count). The first-order valence-corrected chi connectivity index (χ1v) is 5.27. The van der Waals surface area contributed by atoms with Gasteiger partial charge in [-0.25, -0.2) is 9.78 Å². The van der Waals surface area contributed by atoms with Crippen LogP contribution < -0.4 is 0 Å². The molecule has 0 aliphatic carbocycles. The summed E-state index contributed by atoms with van der Waals surface area (Å²) in [4.78, 5) is 43.7. The minimum atomic E-state index is -0.941. The fourth-order valence-corrected chi connectivity index (χ4v) is 1.69. The lowest BCUT2D eigenvalue weighted by Gasteiger charge is -2.10. The van der Waals surface area contributed by atoms with Gasteiger partial charge in [0.25, 0.3) is 11.8 Å². The molecule has 0 N–H and O–H groups in total. The van der Waals surface area contributed by atoms with E-state index in [4.69, 9.17) is 4.84 Å². The van der Waals surface area contributed by atoms with Gasteiger partial charge >= 0.3 is 5.97 Å². The first-order valence-electron chi connectivity index (χ1n) is 5.27. The zero-order valence-electron chi connectivity index (χ0n) is 9.40. The highest BCUT2D eigenvalue weighted by Gasteiger charge is 2.39. The number of carbonyl (C=O) groups excluding carboxylic acids is 3. The maximum Gasteiger partial charge on any atom is 0.385 e. The lowest BCUT2D eigenvalue weighted by Crippen LogP contribution is -2.32. The van der Waals surface area contributed by atoms with Crippen molar-refractivity contribution in [2.45, 2.75) is 0 Å². The Bertz CT molecular complexity index is 642. The highest BCUT2D eigenvalue weighted by atomic mass is 16.7. The van der Waals surface area contributed by atoms with Crippen LogP contribution in [-0.4, -0.2) is 27.8 Å². The quantitative estimate of drug-likeness (QED) is 0.747. The van der Waals surface area contributed by atoms with Gasteiger partial charge in [0.15, 0.2) is 12.1 Å². The summed E-state index contributed by atoms with van der Waals surface area (Å²) in [7, 11) is 0. The molecule has 2 aromatic rings. The summed E-state index contributed by atoms with van der Waals surface area (Å²) in [5, 5.41) is 0.418. The van der Waals surface area contributed by atoms with Gasteiger partial charge in [0.05, 0.1) is 11.1 Å². The highest BCUT2D eigenvalue weighted by molar-refractivity contribution is 6.21. The van der Waals surface area contributed by atoms with Gasteiger partial charge in [0, 0.05) is 0 Å². The summed E-state index contributed by atoms with van der Waals surface area (Å²) in [6, 6.07) is 6.21. The van der Waals surface area contributed by atoms with E-state index in [0.29, 0.717) is 5.06 Å². The Morgan fingerprint density at radius 2 is 1.79 bits per heavy atom. The molecular formula is C12H6N2O5. The zero-order valence-corrected chi connectivity index (χ0v) is 9.40. The van der Waals surface area contributed by atoms with Crippen LogP contribution >= 0.6 is 0 Å². The smallest absolute Gasteiger partial charge is 0.385 e. The van der Waals surface area contributed by atoms with Gasteiger partial charge in [-0.3, -0.25) is 9.59 Å². The second-order valence-corrected chi connectivity index (χ2v) is 3.70. The molecule has 7 heteroatoms. The van der Waals surface area contributed by atoms with Crippen molar-refractivity contribution in [3.8, 4) is 0 Å². The standard InChI is InChI=1S/C12H6N2O5/c15-10-7-3-1-2-4-8(7)11(16)14(10)19-12(17)9-5-18-6-13-9/h1-6H. The van der Waals surface area contributed by atoms with Gasteiger partial charge in [0.1, 0.15) is 6.26 Å². The third-order valence-electron chi connectivity index (χ3n) is 2.57. The SMILES string of the molecule is O=C(ON1C(=O)c2ccccc2C1=O)c1cocn1. The van der Waals surface area contributed by atoms with Crippen LogP contribution in [0.1, 0.15) is 31.2 Å². The molecular weight excluding hydrogens is 252 g/mol. The molecule has 0 fully saturated rings. The third-order valence-corrected chi connectivity index (χ3v) is 2.57. The molecule has 7 nitrogen and oxygen atoms in total. The molecule has 0 radical (unpaired) electrons. The number of amides is 2. The molecule has 2 amide bonds. The number of nitrogens with zero attached hydrogens (tertiary/aromatic N) is 2. The van der Waals surface area contributed by atoms with E-state index in [-0.39, 0.29) is 16.8 Å². The number of oxazole rings is 1. The Morgan fingerprint density at radius 3 is 2.32 bits per heavy atom. The number of imide groups is 1. The highest BCUT2D eigenvalue weighted by Crippen LogP contribution is 2.23. The van der Waals surface area contributed by atoms with Gasteiger partial charge in [-0.1, -0.05) is 17.2 Å². The number of hydrogen-bond donors (Lipinski definition) is 0. The van der Waals surface area contributed by atoms with Gasteiger partial charge in [0.2, 0.25) is 0 Å². The van der Waals surface area contributed by atoms with Crippen LogP contribution in [0.5, 0.6) is 0 Å². The van der Waals surface area contributed by atoms with Gasteiger partial charge in [-0.15, -0.1) is 0 Å². The first-order chi connectivity index (χ1) is 9.18. The monoisotopic (exact) mass is 258 g/mol. The minimum absolute atomic E-state index is 0.128. The molecule has 0 bridgehead atoms. The van der Waals surface area contributed by atoms with Gasteiger partial charge < -0.3 is 9.25 Å². The van der Waals surface area contributed by atoms with Crippen molar-refractivity contribution in [3.05, 3.63) is 53.7 Å². The molecule has 0 saturated heterocycles. The zero-order chi connectivity index (χ0) is 13.4. The van der Waals surface area contributed by atoms with Crippen LogP contribution in [0.25, 0.3) is 0 Å². The molecule has 0 unspecified atom stereocenters. The van der Waals surface area contributed by atoms with E-state index in [9.17, 15) is 14.4 Å². The van der Waals surface area contributed by atoms with Gasteiger partial charge in [-0.2, -0.15) is 0 Å².